The van der Waals surface area contributed by atoms with E-state index in [4.69, 9.17) is 0 Å². The number of carbonyl (C=O) groups excluding carboxylic acids is 1. The maximum absolute atomic E-state index is 12.8. The summed E-state index contributed by atoms with van der Waals surface area (Å²) in [4.78, 5) is 22.5. The summed E-state index contributed by atoms with van der Waals surface area (Å²) < 4.78 is 38.4. The molecule has 9 heteroatoms. The Morgan fingerprint density at radius 1 is 1.22 bits per heavy atom. The fraction of sp³-hybridized carbons (Fsp3) is 0.389. The molecule has 0 saturated carbocycles. The Morgan fingerprint density at radius 3 is 2.59 bits per heavy atom. The average Bonchev–Trinajstić information content (AvgIpc) is 2.68. The second-order valence-corrected chi connectivity index (χ2v) is 7.04. The molecule has 1 amide bonds. The van der Waals surface area contributed by atoms with Crippen molar-refractivity contribution in [3.63, 3.8) is 0 Å². The van der Waals surface area contributed by atoms with Gasteiger partial charge in [-0.05, 0) is 31.2 Å². The minimum Gasteiger partial charge on any atom is -0.356 e. The van der Waals surface area contributed by atoms with Crippen molar-refractivity contribution < 1.29 is 18.0 Å². The van der Waals surface area contributed by atoms with Gasteiger partial charge in [-0.3, -0.25) is 4.79 Å². The van der Waals surface area contributed by atoms with E-state index in [0.29, 0.717) is 31.5 Å². The van der Waals surface area contributed by atoms with E-state index in [2.05, 4.69) is 15.3 Å². The molecule has 1 fully saturated rings. The van der Waals surface area contributed by atoms with Crippen LogP contribution >= 0.6 is 11.8 Å². The molecule has 1 saturated heterocycles. The van der Waals surface area contributed by atoms with Crippen molar-refractivity contribution in [2.24, 2.45) is 0 Å². The van der Waals surface area contributed by atoms with Crippen molar-refractivity contribution in [2.75, 3.05) is 24.2 Å². The third kappa shape index (κ3) is 4.71. The topological polar surface area (TPSA) is 58.1 Å². The van der Waals surface area contributed by atoms with E-state index >= 15 is 0 Å². The number of piperidine rings is 1. The van der Waals surface area contributed by atoms with Gasteiger partial charge in [0.2, 0.25) is 0 Å². The van der Waals surface area contributed by atoms with E-state index in [0.717, 1.165) is 17.3 Å². The van der Waals surface area contributed by atoms with E-state index in [1.807, 2.05) is 24.5 Å². The number of rotatable bonds is 4. The van der Waals surface area contributed by atoms with Crippen LogP contribution in [0.1, 0.15) is 28.9 Å². The van der Waals surface area contributed by atoms with Gasteiger partial charge in [0.25, 0.3) is 5.91 Å². The van der Waals surface area contributed by atoms with Gasteiger partial charge >= 0.3 is 6.18 Å². The number of anilines is 1. The number of hydrogen-bond acceptors (Lipinski definition) is 5. The SMILES string of the molecule is CSc1ccccc1C(=O)NC1CCN(c2cc(C(F)(F)F)ncn2)CC1. The highest BCUT2D eigenvalue weighted by atomic mass is 32.2. The quantitative estimate of drug-likeness (QED) is 0.800. The van der Waals surface area contributed by atoms with Crippen LogP contribution in [0.2, 0.25) is 0 Å². The summed E-state index contributed by atoms with van der Waals surface area (Å²) >= 11 is 1.51. The molecule has 0 aliphatic carbocycles. The summed E-state index contributed by atoms with van der Waals surface area (Å²) in [5.41, 5.74) is -0.311. The molecule has 1 aliphatic heterocycles. The number of aromatic nitrogens is 2. The second-order valence-electron chi connectivity index (χ2n) is 6.19. The maximum atomic E-state index is 12.8. The standard InChI is InChI=1S/C18H19F3N4OS/c1-27-14-5-3-2-4-13(14)17(26)24-12-6-8-25(9-7-12)16-10-15(18(19,20)21)22-11-23-16/h2-5,10-12H,6-9H2,1H3,(H,24,26). The van der Waals surface area contributed by atoms with Crippen LogP contribution in [0.5, 0.6) is 0 Å². The summed E-state index contributed by atoms with van der Waals surface area (Å²) in [6.07, 6.45) is -0.362. The van der Waals surface area contributed by atoms with Gasteiger partial charge in [-0.2, -0.15) is 13.2 Å². The molecule has 144 valence electrons. The zero-order valence-electron chi connectivity index (χ0n) is 14.7. The van der Waals surface area contributed by atoms with Gasteiger partial charge in [0, 0.05) is 30.1 Å². The molecule has 5 nitrogen and oxygen atoms in total. The normalized spacial score (nSPS) is 15.6. The lowest BCUT2D eigenvalue weighted by Gasteiger charge is -2.33. The molecule has 1 aromatic heterocycles. The van der Waals surface area contributed by atoms with Gasteiger partial charge in [-0.15, -0.1) is 11.8 Å². The van der Waals surface area contributed by atoms with Crippen molar-refractivity contribution >= 4 is 23.5 Å². The molecule has 0 atom stereocenters. The van der Waals surface area contributed by atoms with E-state index in [1.54, 1.807) is 11.0 Å². The zero-order chi connectivity index (χ0) is 19.4. The molecule has 2 aromatic rings. The van der Waals surface area contributed by atoms with E-state index in [1.165, 1.54) is 11.8 Å². The molecule has 0 bridgehead atoms. The molecule has 2 heterocycles. The van der Waals surface area contributed by atoms with Crippen molar-refractivity contribution in [3.8, 4) is 0 Å². The number of benzene rings is 1. The number of nitrogens with zero attached hydrogens (tertiary/aromatic N) is 3. The van der Waals surface area contributed by atoms with Gasteiger partial charge < -0.3 is 10.2 Å². The summed E-state index contributed by atoms with van der Waals surface area (Å²) in [7, 11) is 0. The Bertz CT molecular complexity index is 807. The molecular weight excluding hydrogens is 377 g/mol. The molecular formula is C18H19F3N4OS. The molecule has 1 aromatic carbocycles. The highest BCUT2D eigenvalue weighted by Gasteiger charge is 2.33. The Labute approximate surface area is 159 Å². The molecule has 0 radical (unpaired) electrons. The van der Waals surface area contributed by atoms with Crippen LogP contribution in [0.4, 0.5) is 19.0 Å². The lowest BCUT2D eigenvalue weighted by atomic mass is 10.0. The van der Waals surface area contributed by atoms with E-state index in [9.17, 15) is 18.0 Å². The van der Waals surface area contributed by atoms with Crippen molar-refractivity contribution in [1.82, 2.24) is 15.3 Å². The first kappa shape index (κ1) is 19.5. The monoisotopic (exact) mass is 396 g/mol. The third-order valence-electron chi connectivity index (χ3n) is 4.45. The minimum atomic E-state index is -4.49. The second kappa shape index (κ2) is 8.16. The molecule has 1 aliphatic rings. The Kier molecular flexibility index (Phi) is 5.88. The number of nitrogens with one attached hydrogen (secondary N) is 1. The van der Waals surface area contributed by atoms with Crippen LogP contribution < -0.4 is 10.2 Å². The summed E-state index contributed by atoms with van der Waals surface area (Å²) in [5, 5.41) is 3.03. The number of thioether (sulfide) groups is 1. The first-order valence-corrected chi connectivity index (χ1v) is 9.69. The summed E-state index contributed by atoms with van der Waals surface area (Å²) in [6, 6.07) is 8.34. The fourth-order valence-corrected chi connectivity index (χ4v) is 3.62. The first-order chi connectivity index (χ1) is 12.9. The number of amides is 1. The predicted octanol–water partition coefficient (Wildman–Crippen LogP) is 3.62. The number of alkyl halides is 3. The lowest BCUT2D eigenvalue weighted by molar-refractivity contribution is -0.141. The van der Waals surface area contributed by atoms with Crippen LogP contribution in [0, 0.1) is 0 Å². The zero-order valence-corrected chi connectivity index (χ0v) is 15.5. The van der Waals surface area contributed by atoms with Gasteiger partial charge in [0.05, 0.1) is 5.56 Å². The summed E-state index contributed by atoms with van der Waals surface area (Å²) in [5.74, 6) is 0.134. The van der Waals surface area contributed by atoms with Crippen LogP contribution in [0.3, 0.4) is 0 Å². The van der Waals surface area contributed by atoms with Gasteiger partial charge in [0.1, 0.15) is 17.8 Å². The van der Waals surface area contributed by atoms with Crippen molar-refractivity contribution in [1.29, 1.82) is 0 Å². The Hall–Kier alpha value is -2.29. The van der Waals surface area contributed by atoms with Crippen LogP contribution in [0.25, 0.3) is 0 Å². The molecule has 27 heavy (non-hydrogen) atoms. The predicted molar refractivity (Wildman–Crippen MR) is 98.0 cm³/mol. The van der Waals surface area contributed by atoms with Gasteiger partial charge in [0.15, 0.2) is 0 Å². The number of halogens is 3. The fourth-order valence-electron chi connectivity index (χ4n) is 3.02. The highest BCUT2D eigenvalue weighted by molar-refractivity contribution is 7.98. The van der Waals surface area contributed by atoms with Crippen LogP contribution in [-0.4, -0.2) is 41.3 Å². The van der Waals surface area contributed by atoms with E-state index in [-0.39, 0.29) is 17.8 Å². The smallest absolute Gasteiger partial charge is 0.356 e. The highest BCUT2D eigenvalue weighted by Crippen LogP contribution is 2.29. The molecule has 0 unspecified atom stereocenters. The Balaban J connectivity index is 1.60. The Morgan fingerprint density at radius 2 is 1.93 bits per heavy atom. The molecule has 0 spiro atoms. The number of hydrogen-bond donors (Lipinski definition) is 1. The van der Waals surface area contributed by atoms with E-state index < -0.39 is 11.9 Å². The van der Waals surface area contributed by atoms with Gasteiger partial charge in [-0.25, -0.2) is 9.97 Å². The molecule has 3 rings (SSSR count). The molecule has 1 N–H and O–H groups in total. The minimum absolute atomic E-state index is 0.0208. The van der Waals surface area contributed by atoms with Crippen LogP contribution in [0.15, 0.2) is 41.6 Å². The largest absolute Gasteiger partial charge is 0.433 e. The first-order valence-electron chi connectivity index (χ1n) is 8.46. The maximum Gasteiger partial charge on any atom is 0.433 e. The summed E-state index contributed by atoms with van der Waals surface area (Å²) in [6.45, 7) is 1.03. The van der Waals surface area contributed by atoms with Crippen molar-refractivity contribution in [3.05, 3.63) is 47.9 Å². The number of carbonyl (C=O) groups is 1. The average molecular weight is 396 g/mol. The van der Waals surface area contributed by atoms with Gasteiger partial charge in [-0.1, -0.05) is 12.1 Å². The van der Waals surface area contributed by atoms with Crippen molar-refractivity contribution in [2.45, 2.75) is 30.0 Å². The lowest BCUT2D eigenvalue weighted by Crippen LogP contribution is -2.45. The van der Waals surface area contributed by atoms with Crippen LogP contribution in [-0.2, 0) is 6.18 Å². The third-order valence-corrected chi connectivity index (χ3v) is 5.24.